The molecule has 0 radical (unpaired) electrons. The Bertz CT molecular complexity index is 682. The topological polar surface area (TPSA) is 53.4 Å². The standard InChI is InChI=1S/C15H15FN2O2S/c1-10-14(21-9-17-10)8-18(2)13-5-4-12(16)7-11(13)3-6-15(19)20/h3-7,9H,8H2,1-2H3,(H,19,20). The smallest absolute Gasteiger partial charge is 0.328 e. The van der Waals surface area contributed by atoms with E-state index in [1.165, 1.54) is 18.2 Å². The van der Waals surface area contributed by atoms with Gasteiger partial charge in [0.05, 0.1) is 17.7 Å². The van der Waals surface area contributed by atoms with Gasteiger partial charge in [-0.25, -0.2) is 14.2 Å². The maximum Gasteiger partial charge on any atom is 0.328 e. The normalized spacial score (nSPS) is 11.0. The molecule has 6 heteroatoms. The lowest BCUT2D eigenvalue weighted by atomic mass is 10.1. The lowest BCUT2D eigenvalue weighted by Gasteiger charge is -2.21. The lowest BCUT2D eigenvalue weighted by molar-refractivity contribution is -0.131. The van der Waals surface area contributed by atoms with E-state index in [1.54, 1.807) is 22.9 Å². The van der Waals surface area contributed by atoms with Crippen LogP contribution in [0.1, 0.15) is 16.1 Å². The quantitative estimate of drug-likeness (QED) is 0.861. The summed E-state index contributed by atoms with van der Waals surface area (Å²) in [4.78, 5) is 17.9. The molecule has 0 bridgehead atoms. The van der Waals surface area contributed by atoms with Gasteiger partial charge in [0.15, 0.2) is 0 Å². The predicted molar refractivity (Wildman–Crippen MR) is 82.0 cm³/mol. The molecule has 0 saturated carbocycles. The Hall–Kier alpha value is -2.21. The summed E-state index contributed by atoms with van der Waals surface area (Å²) < 4.78 is 13.4. The largest absolute Gasteiger partial charge is 0.478 e. The van der Waals surface area contributed by atoms with E-state index in [-0.39, 0.29) is 0 Å². The molecule has 0 unspecified atom stereocenters. The van der Waals surface area contributed by atoms with E-state index in [1.807, 2.05) is 18.9 Å². The summed E-state index contributed by atoms with van der Waals surface area (Å²) >= 11 is 1.56. The van der Waals surface area contributed by atoms with Crippen LogP contribution in [0.25, 0.3) is 6.08 Å². The summed E-state index contributed by atoms with van der Waals surface area (Å²) in [5, 5.41) is 8.72. The van der Waals surface area contributed by atoms with Crippen LogP contribution in [0.2, 0.25) is 0 Å². The van der Waals surface area contributed by atoms with Gasteiger partial charge in [-0.3, -0.25) is 0 Å². The zero-order chi connectivity index (χ0) is 15.4. The molecule has 0 saturated heterocycles. The zero-order valence-electron chi connectivity index (χ0n) is 11.7. The SMILES string of the molecule is Cc1ncsc1CN(C)c1ccc(F)cc1C=CC(=O)O. The molecule has 0 aliphatic carbocycles. The van der Waals surface area contributed by atoms with Gasteiger partial charge < -0.3 is 10.0 Å². The van der Waals surface area contributed by atoms with E-state index in [4.69, 9.17) is 5.11 Å². The molecular weight excluding hydrogens is 291 g/mol. The minimum absolute atomic E-state index is 0.397. The number of nitrogens with zero attached hydrogens (tertiary/aromatic N) is 2. The third kappa shape index (κ3) is 3.88. The molecule has 110 valence electrons. The van der Waals surface area contributed by atoms with Crippen molar-refractivity contribution in [1.82, 2.24) is 4.98 Å². The highest BCUT2D eigenvalue weighted by molar-refractivity contribution is 7.09. The number of thiazole rings is 1. The number of aliphatic carboxylic acids is 1. The molecule has 0 spiro atoms. The van der Waals surface area contributed by atoms with Crippen LogP contribution in [0.15, 0.2) is 29.8 Å². The highest BCUT2D eigenvalue weighted by Gasteiger charge is 2.10. The summed E-state index contributed by atoms with van der Waals surface area (Å²) in [5.41, 5.74) is 4.05. The summed E-state index contributed by atoms with van der Waals surface area (Å²) in [6, 6.07) is 4.33. The summed E-state index contributed by atoms with van der Waals surface area (Å²) in [6.07, 6.45) is 2.40. The number of aromatic nitrogens is 1. The Balaban J connectivity index is 2.29. The third-order valence-corrected chi connectivity index (χ3v) is 3.95. The fourth-order valence-electron chi connectivity index (χ4n) is 1.95. The van der Waals surface area contributed by atoms with E-state index >= 15 is 0 Å². The average Bonchev–Trinajstić information content (AvgIpc) is 2.82. The van der Waals surface area contributed by atoms with Crippen LogP contribution >= 0.6 is 11.3 Å². The van der Waals surface area contributed by atoms with Crippen LogP contribution in [0.4, 0.5) is 10.1 Å². The number of hydrogen-bond acceptors (Lipinski definition) is 4. The number of benzene rings is 1. The van der Waals surface area contributed by atoms with E-state index < -0.39 is 11.8 Å². The molecule has 1 heterocycles. The number of carbonyl (C=O) groups is 1. The van der Waals surface area contributed by atoms with Crippen molar-refractivity contribution in [3.63, 3.8) is 0 Å². The second kappa shape index (κ2) is 6.49. The molecule has 21 heavy (non-hydrogen) atoms. The summed E-state index contributed by atoms with van der Waals surface area (Å²) in [5.74, 6) is -1.46. The van der Waals surface area contributed by atoms with Crippen LogP contribution in [0.3, 0.4) is 0 Å². The summed E-state index contributed by atoms with van der Waals surface area (Å²) in [6.45, 7) is 2.58. The molecular formula is C15H15FN2O2S. The average molecular weight is 306 g/mol. The maximum absolute atomic E-state index is 13.4. The number of anilines is 1. The zero-order valence-corrected chi connectivity index (χ0v) is 12.5. The Kier molecular flexibility index (Phi) is 4.70. The van der Waals surface area contributed by atoms with Crippen molar-refractivity contribution in [2.45, 2.75) is 13.5 Å². The van der Waals surface area contributed by atoms with E-state index in [0.717, 1.165) is 22.3 Å². The van der Waals surface area contributed by atoms with E-state index in [0.29, 0.717) is 12.1 Å². The Morgan fingerprint density at radius 2 is 2.29 bits per heavy atom. The van der Waals surface area contributed by atoms with Gasteiger partial charge in [-0.05, 0) is 31.2 Å². The van der Waals surface area contributed by atoms with Crippen LogP contribution in [-0.4, -0.2) is 23.1 Å². The van der Waals surface area contributed by atoms with Crippen molar-refractivity contribution in [3.8, 4) is 0 Å². The van der Waals surface area contributed by atoms with Gasteiger partial charge in [0.2, 0.25) is 0 Å². The summed E-state index contributed by atoms with van der Waals surface area (Å²) in [7, 11) is 1.88. The number of rotatable bonds is 5. The van der Waals surface area contributed by atoms with Crippen molar-refractivity contribution in [1.29, 1.82) is 0 Å². The first-order chi connectivity index (χ1) is 9.97. The van der Waals surface area contributed by atoms with Crippen LogP contribution in [-0.2, 0) is 11.3 Å². The van der Waals surface area contributed by atoms with Crippen LogP contribution < -0.4 is 4.90 Å². The second-order valence-corrected chi connectivity index (χ2v) is 5.53. The Morgan fingerprint density at radius 1 is 1.52 bits per heavy atom. The molecule has 0 atom stereocenters. The van der Waals surface area contributed by atoms with Crippen molar-refractivity contribution in [3.05, 3.63) is 51.7 Å². The van der Waals surface area contributed by atoms with Gasteiger partial charge in [-0.15, -0.1) is 11.3 Å². The molecule has 0 fully saturated rings. The third-order valence-electron chi connectivity index (χ3n) is 3.03. The van der Waals surface area contributed by atoms with Crippen molar-refractivity contribution in [2.24, 2.45) is 0 Å². The first-order valence-corrected chi connectivity index (χ1v) is 7.16. The fourth-order valence-corrected chi connectivity index (χ4v) is 2.78. The highest BCUT2D eigenvalue weighted by atomic mass is 32.1. The molecule has 1 N–H and O–H groups in total. The first-order valence-electron chi connectivity index (χ1n) is 6.28. The number of hydrogen-bond donors (Lipinski definition) is 1. The maximum atomic E-state index is 13.4. The van der Waals surface area contributed by atoms with E-state index in [9.17, 15) is 9.18 Å². The minimum Gasteiger partial charge on any atom is -0.478 e. The molecule has 1 aromatic heterocycles. The van der Waals surface area contributed by atoms with Gasteiger partial charge in [0.25, 0.3) is 0 Å². The van der Waals surface area contributed by atoms with Crippen LogP contribution in [0.5, 0.6) is 0 Å². The first kappa shape index (κ1) is 15.2. The Morgan fingerprint density at radius 3 is 2.90 bits per heavy atom. The van der Waals surface area contributed by atoms with Crippen molar-refractivity contribution < 1.29 is 14.3 Å². The number of carboxylic acid groups (broad SMARTS) is 1. The monoisotopic (exact) mass is 306 g/mol. The molecule has 0 aliphatic heterocycles. The van der Waals surface area contributed by atoms with Gasteiger partial charge >= 0.3 is 5.97 Å². The molecule has 2 rings (SSSR count). The van der Waals surface area contributed by atoms with Crippen molar-refractivity contribution >= 4 is 29.1 Å². The number of carboxylic acids is 1. The second-order valence-electron chi connectivity index (χ2n) is 4.59. The van der Waals surface area contributed by atoms with Gasteiger partial charge in [-0.2, -0.15) is 0 Å². The molecule has 4 nitrogen and oxygen atoms in total. The number of aryl methyl sites for hydroxylation is 1. The van der Waals surface area contributed by atoms with Gasteiger partial charge in [-0.1, -0.05) is 0 Å². The van der Waals surface area contributed by atoms with Crippen molar-refractivity contribution in [2.75, 3.05) is 11.9 Å². The van der Waals surface area contributed by atoms with Gasteiger partial charge in [0.1, 0.15) is 5.82 Å². The molecule has 0 amide bonds. The van der Waals surface area contributed by atoms with Gasteiger partial charge in [0, 0.05) is 29.3 Å². The Labute approximate surface area is 126 Å². The van der Waals surface area contributed by atoms with Crippen LogP contribution in [0, 0.1) is 12.7 Å². The lowest BCUT2D eigenvalue weighted by Crippen LogP contribution is -2.17. The molecule has 1 aromatic carbocycles. The van der Waals surface area contributed by atoms with E-state index in [2.05, 4.69) is 4.98 Å². The molecule has 2 aromatic rings. The fraction of sp³-hybridized carbons (Fsp3) is 0.200. The molecule has 0 aliphatic rings. The highest BCUT2D eigenvalue weighted by Crippen LogP contribution is 2.25. The number of halogens is 1. The predicted octanol–water partition coefficient (Wildman–Crippen LogP) is 3.32. The minimum atomic E-state index is -1.06.